The lowest BCUT2D eigenvalue weighted by atomic mass is 10.2. The van der Waals surface area contributed by atoms with Crippen LogP contribution >= 0.6 is 15.9 Å². The van der Waals surface area contributed by atoms with Gasteiger partial charge in [0.1, 0.15) is 0 Å². The van der Waals surface area contributed by atoms with Gasteiger partial charge >= 0.3 is 0 Å². The molecule has 0 aliphatic heterocycles. The lowest BCUT2D eigenvalue weighted by Gasteiger charge is -2.09. The summed E-state index contributed by atoms with van der Waals surface area (Å²) < 4.78 is 12.8. The van der Waals surface area contributed by atoms with E-state index in [1.54, 1.807) is 0 Å². The van der Waals surface area contributed by atoms with Crippen LogP contribution in [0.5, 0.6) is 0 Å². The zero-order valence-corrected chi connectivity index (χ0v) is 11.2. The number of nitrogens with two attached hydrogens (primary N) is 1. The highest BCUT2D eigenvalue weighted by atomic mass is 79.9. The summed E-state index contributed by atoms with van der Waals surface area (Å²) in [6.07, 6.45) is 1.97. The van der Waals surface area contributed by atoms with Crippen molar-refractivity contribution in [2.24, 2.45) is 5.73 Å². The van der Waals surface area contributed by atoms with Crippen LogP contribution in [0.3, 0.4) is 0 Å². The number of hydrogen-bond acceptors (Lipinski definition) is 2. The van der Waals surface area contributed by atoms with Crippen molar-refractivity contribution in [3.8, 4) is 0 Å². The van der Waals surface area contributed by atoms with E-state index in [0.29, 0.717) is 5.75 Å². The van der Waals surface area contributed by atoms with Gasteiger partial charge in [0.15, 0.2) is 0 Å². The minimum atomic E-state index is -0.980. The zero-order chi connectivity index (χ0) is 11.3. The average molecular weight is 290 g/mol. The van der Waals surface area contributed by atoms with E-state index in [-0.39, 0.29) is 6.04 Å². The molecule has 0 heterocycles. The van der Waals surface area contributed by atoms with Crippen molar-refractivity contribution < 1.29 is 4.21 Å². The second-order valence-corrected chi connectivity index (χ2v) is 5.93. The van der Waals surface area contributed by atoms with E-state index in [0.717, 1.165) is 22.2 Å². The van der Waals surface area contributed by atoms with Gasteiger partial charge in [-0.15, -0.1) is 0 Å². The van der Waals surface area contributed by atoms with Gasteiger partial charge in [-0.1, -0.05) is 35.3 Å². The average Bonchev–Trinajstić information content (AvgIpc) is 2.18. The number of rotatable bonds is 5. The molecule has 1 aromatic carbocycles. The molecule has 0 aromatic heterocycles. The highest BCUT2D eigenvalue weighted by Crippen LogP contribution is 2.15. The summed E-state index contributed by atoms with van der Waals surface area (Å²) in [4.78, 5) is 0.843. The third-order valence-corrected chi connectivity index (χ3v) is 4.09. The first kappa shape index (κ1) is 12.9. The Morgan fingerprint density at radius 1 is 1.53 bits per heavy atom. The largest absolute Gasteiger partial charge is 0.327 e. The molecular weight excluding hydrogens is 274 g/mol. The molecular formula is C11H16BrNOS. The van der Waals surface area contributed by atoms with Gasteiger partial charge in [-0.25, -0.2) is 0 Å². The molecule has 0 radical (unpaired) electrons. The molecule has 2 N–H and O–H groups in total. The fourth-order valence-corrected chi connectivity index (χ4v) is 3.14. The standard InChI is InChI=1S/C11H16BrNOS/c1-2-4-10(13)8-15(14)11-6-3-5-9(12)7-11/h3,5-7,10H,2,4,8,13H2,1H3. The third-order valence-electron chi connectivity index (χ3n) is 2.08. The maximum atomic E-state index is 11.9. The van der Waals surface area contributed by atoms with E-state index in [2.05, 4.69) is 22.9 Å². The van der Waals surface area contributed by atoms with Crippen LogP contribution in [0.15, 0.2) is 33.6 Å². The summed E-state index contributed by atoms with van der Waals surface area (Å²) in [6, 6.07) is 7.61. The Hall–Kier alpha value is -0.190. The van der Waals surface area contributed by atoms with Gasteiger partial charge in [0, 0.05) is 21.2 Å². The molecule has 15 heavy (non-hydrogen) atoms. The highest BCUT2D eigenvalue weighted by molar-refractivity contribution is 9.10. The Balaban J connectivity index is 2.61. The molecule has 0 saturated carbocycles. The fraction of sp³-hybridized carbons (Fsp3) is 0.455. The van der Waals surface area contributed by atoms with Crippen LogP contribution in [0, 0.1) is 0 Å². The van der Waals surface area contributed by atoms with Crippen molar-refractivity contribution in [1.82, 2.24) is 0 Å². The van der Waals surface area contributed by atoms with Crippen molar-refractivity contribution in [3.63, 3.8) is 0 Å². The number of benzene rings is 1. The predicted molar refractivity (Wildman–Crippen MR) is 68.3 cm³/mol. The third kappa shape index (κ3) is 4.45. The molecule has 2 atom stereocenters. The summed E-state index contributed by atoms with van der Waals surface area (Å²) >= 11 is 3.36. The lowest BCUT2D eigenvalue weighted by molar-refractivity contribution is 0.638. The van der Waals surface area contributed by atoms with Gasteiger partial charge in [-0.3, -0.25) is 4.21 Å². The van der Waals surface area contributed by atoms with Crippen LogP contribution in [0.4, 0.5) is 0 Å². The molecule has 1 rings (SSSR count). The van der Waals surface area contributed by atoms with E-state index < -0.39 is 10.8 Å². The first-order valence-corrected chi connectivity index (χ1v) is 7.14. The Morgan fingerprint density at radius 2 is 2.27 bits per heavy atom. The number of hydrogen-bond donors (Lipinski definition) is 1. The first-order valence-electron chi connectivity index (χ1n) is 5.03. The maximum Gasteiger partial charge on any atom is 0.0545 e. The van der Waals surface area contributed by atoms with Crippen LogP contribution in [0.1, 0.15) is 19.8 Å². The van der Waals surface area contributed by atoms with Crippen molar-refractivity contribution in [3.05, 3.63) is 28.7 Å². The van der Waals surface area contributed by atoms with Gasteiger partial charge in [-0.2, -0.15) is 0 Å². The summed E-state index contributed by atoms with van der Waals surface area (Å²) in [5.74, 6) is 0.546. The SMILES string of the molecule is CCCC(N)CS(=O)c1cccc(Br)c1. The van der Waals surface area contributed by atoms with Crippen LogP contribution in [0.25, 0.3) is 0 Å². The molecule has 0 aliphatic carbocycles. The second kappa shape index (κ2) is 6.40. The maximum absolute atomic E-state index is 11.9. The van der Waals surface area contributed by atoms with Crippen molar-refractivity contribution in [1.29, 1.82) is 0 Å². The Bertz CT molecular complexity index is 343. The normalized spacial score (nSPS) is 14.9. The van der Waals surface area contributed by atoms with Gasteiger partial charge in [0.25, 0.3) is 0 Å². The van der Waals surface area contributed by atoms with Crippen LogP contribution in [-0.4, -0.2) is 16.0 Å². The molecule has 0 fully saturated rings. The van der Waals surface area contributed by atoms with Crippen LogP contribution in [-0.2, 0) is 10.8 Å². The minimum absolute atomic E-state index is 0.0369. The topological polar surface area (TPSA) is 43.1 Å². The van der Waals surface area contributed by atoms with Crippen LogP contribution in [0.2, 0.25) is 0 Å². The highest BCUT2D eigenvalue weighted by Gasteiger charge is 2.09. The molecule has 2 nitrogen and oxygen atoms in total. The molecule has 1 aromatic rings. The van der Waals surface area contributed by atoms with Gasteiger partial charge in [-0.05, 0) is 24.6 Å². The van der Waals surface area contributed by atoms with E-state index in [1.165, 1.54) is 0 Å². The van der Waals surface area contributed by atoms with Crippen molar-refractivity contribution >= 4 is 26.7 Å². The minimum Gasteiger partial charge on any atom is -0.327 e. The first-order chi connectivity index (χ1) is 7.13. The lowest BCUT2D eigenvalue weighted by Crippen LogP contribution is -2.26. The summed E-state index contributed by atoms with van der Waals surface area (Å²) in [5, 5.41) is 0. The molecule has 0 aliphatic rings. The summed E-state index contributed by atoms with van der Waals surface area (Å²) in [5.41, 5.74) is 5.86. The van der Waals surface area contributed by atoms with E-state index in [4.69, 9.17) is 5.73 Å². The molecule has 4 heteroatoms. The van der Waals surface area contributed by atoms with Crippen molar-refractivity contribution in [2.75, 3.05) is 5.75 Å². The molecule has 84 valence electrons. The Kier molecular flexibility index (Phi) is 5.50. The molecule has 0 amide bonds. The predicted octanol–water partition coefficient (Wildman–Crippen LogP) is 2.68. The summed E-state index contributed by atoms with van der Waals surface area (Å²) in [7, 11) is -0.980. The Labute approximate surface area is 102 Å². The molecule has 0 bridgehead atoms. The van der Waals surface area contributed by atoms with E-state index >= 15 is 0 Å². The van der Waals surface area contributed by atoms with Gasteiger partial charge < -0.3 is 5.73 Å². The van der Waals surface area contributed by atoms with Crippen LogP contribution < -0.4 is 5.73 Å². The second-order valence-electron chi connectivity index (χ2n) is 3.52. The molecule has 0 saturated heterocycles. The smallest absolute Gasteiger partial charge is 0.0545 e. The number of halogens is 1. The van der Waals surface area contributed by atoms with Gasteiger partial charge in [0.2, 0.25) is 0 Å². The van der Waals surface area contributed by atoms with Gasteiger partial charge in [0.05, 0.1) is 10.8 Å². The summed E-state index contributed by atoms with van der Waals surface area (Å²) in [6.45, 7) is 2.09. The Morgan fingerprint density at radius 3 is 2.87 bits per heavy atom. The van der Waals surface area contributed by atoms with E-state index in [9.17, 15) is 4.21 Å². The van der Waals surface area contributed by atoms with E-state index in [1.807, 2.05) is 24.3 Å². The molecule has 0 spiro atoms. The quantitative estimate of drug-likeness (QED) is 0.906. The zero-order valence-electron chi connectivity index (χ0n) is 8.78. The monoisotopic (exact) mass is 289 g/mol. The van der Waals surface area contributed by atoms with Crippen molar-refractivity contribution in [2.45, 2.75) is 30.7 Å². The molecule has 2 unspecified atom stereocenters. The fourth-order valence-electron chi connectivity index (χ4n) is 1.35.